The Morgan fingerprint density at radius 1 is 1.17 bits per heavy atom. The van der Waals surface area contributed by atoms with E-state index in [1.165, 1.54) is 0 Å². The van der Waals surface area contributed by atoms with Crippen LogP contribution in [0.5, 0.6) is 0 Å². The average molecular weight is 327 g/mol. The summed E-state index contributed by atoms with van der Waals surface area (Å²) in [4.78, 5) is 4.17. The molecule has 94 valence electrons. The molecule has 0 aliphatic rings. The second kappa shape index (κ2) is 5.60. The number of halogens is 1. The van der Waals surface area contributed by atoms with Crippen LogP contribution >= 0.6 is 15.9 Å². The first-order chi connectivity index (χ1) is 8.58. The molecule has 1 heterocycles. The van der Waals surface area contributed by atoms with Crippen LogP contribution in [-0.2, 0) is 16.6 Å². The number of hydrogen-bond donors (Lipinski definition) is 1. The summed E-state index contributed by atoms with van der Waals surface area (Å²) in [6.07, 6.45) is 3.27. The Bertz CT molecular complexity index is 612. The predicted octanol–water partition coefficient (Wildman–Crippen LogP) is 2.32. The zero-order valence-corrected chi connectivity index (χ0v) is 11.8. The molecule has 2 rings (SSSR count). The van der Waals surface area contributed by atoms with Crippen LogP contribution in [0.1, 0.15) is 5.56 Å². The van der Waals surface area contributed by atoms with Gasteiger partial charge in [0.1, 0.15) is 0 Å². The van der Waals surface area contributed by atoms with E-state index in [1.54, 1.807) is 42.7 Å². The van der Waals surface area contributed by atoms with Gasteiger partial charge in [0, 0.05) is 23.4 Å². The molecule has 0 saturated carbocycles. The minimum atomic E-state index is -3.47. The van der Waals surface area contributed by atoms with Gasteiger partial charge in [0.25, 0.3) is 0 Å². The number of rotatable bonds is 4. The Morgan fingerprint density at radius 2 is 1.89 bits per heavy atom. The van der Waals surface area contributed by atoms with Crippen LogP contribution in [0.4, 0.5) is 0 Å². The summed E-state index contributed by atoms with van der Waals surface area (Å²) in [5.74, 6) is 0. The van der Waals surface area contributed by atoms with E-state index in [0.717, 1.165) is 10.0 Å². The van der Waals surface area contributed by atoms with E-state index in [4.69, 9.17) is 0 Å². The van der Waals surface area contributed by atoms with Crippen molar-refractivity contribution in [3.63, 3.8) is 0 Å². The normalized spacial score (nSPS) is 11.4. The monoisotopic (exact) mass is 326 g/mol. The molecule has 0 fully saturated rings. The molecular formula is C12H11BrN2O2S. The van der Waals surface area contributed by atoms with Crippen molar-refractivity contribution in [3.05, 3.63) is 58.8 Å². The summed E-state index contributed by atoms with van der Waals surface area (Å²) in [6.45, 7) is 0.228. The van der Waals surface area contributed by atoms with Crippen LogP contribution < -0.4 is 4.72 Å². The lowest BCUT2D eigenvalue weighted by molar-refractivity contribution is 0.581. The van der Waals surface area contributed by atoms with Gasteiger partial charge in [0.15, 0.2) is 0 Å². The Kier molecular flexibility index (Phi) is 4.11. The molecule has 1 aromatic heterocycles. The lowest BCUT2D eigenvalue weighted by Crippen LogP contribution is -2.23. The number of nitrogens with zero attached hydrogens (tertiary/aromatic N) is 1. The van der Waals surface area contributed by atoms with E-state index in [0.29, 0.717) is 0 Å². The van der Waals surface area contributed by atoms with Crippen molar-refractivity contribution in [1.82, 2.24) is 9.71 Å². The second-order valence-electron chi connectivity index (χ2n) is 3.64. The van der Waals surface area contributed by atoms with Crippen molar-refractivity contribution in [2.45, 2.75) is 11.4 Å². The van der Waals surface area contributed by atoms with Crippen LogP contribution in [0.3, 0.4) is 0 Å². The van der Waals surface area contributed by atoms with E-state index in [2.05, 4.69) is 25.6 Å². The lowest BCUT2D eigenvalue weighted by atomic mass is 10.3. The molecule has 2 aromatic rings. The maximum absolute atomic E-state index is 12.0. The van der Waals surface area contributed by atoms with E-state index in [-0.39, 0.29) is 11.4 Å². The van der Waals surface area contributed by atoms with Gasteiger partial charge in [-0.3, -0.25) is 4.98 Å². The van der Waals surface area contributed by atoms with Crippen LogP contribution in [0.25, 0.3) is 0 Å². The summed E-state index contributed by atoms with van der Waals surface area (Å²) < 4.78 is 27.3. The molecule has 0 amide bonds. The smallest absolute Gasteiger partial charge is 0.240 e. The molecule has 18 heavy (non-hydrogen) atoms. The number of nitrogens with one attached hydrogen (secondary N) is 1. The van der Waals surface area contributed by atoms with Crippen LogP contribution in [-0.4, -0.2) is 13.4 Å². The summed E-state index contributed by atoms with van der Waals surface area (Å²) in [5.41, 5.74) is 0.818. The van der Waals surface area contributed by atoms with Crippen molar-refractivity contribution in [2.24, 2.45) is 0 Å². The molecule has 1 N–H and O–H groups in total. The summed E-state index contributed by atoms with van der Waals surface area (Å²) in [5, 5.41) is 0. The second-order valence-corrected chi connectivity index (χ2v) is 6.32. The van der Waals surface area contributed by atoms with Gasteiger partial charge in [-0.2, -0.15) is 0 Å². The molecule has 0 unspecified atom stereocenters. The third-order valence-electron chi connectivity index (χ3n) is 2.31. The Balaban J connectivity index is 2.11. The first kappa shape index (κ1) is 13.2. The molecule has 6 heteroatoms. The minimum Gasteiger partial charge on any atom is -0.264 e. The Labute approximate surface area is 114 Å². The maximum Gasteiger partial charge on any atom is 0.240 e. The molecule has 0 atom stereocenters. The van der Waals surface area contributed by atoms with Crippen LogP contribution in [0.2, 0.25) is 0 Å². The summed E-state index contributed by atoms with van der Waals surface area (Å²) >= 11 is 3.26. The fourth-order valence-electron chi connectivity index (χ4n) is 1.38. The molecule has 0 bridgehead atoms. The highest BCUT2D eigenvalue weighted by Gasteiger charge is 2.12. The molecule has 1 aromatic carbocycles. The Hall–Kier alpha value is -1.24. The van der Waals surface area contributed by atoms with E-state index < -0.39 is 10.0 Å². The minimum absolute atomic E-state index is 0.228. The number of aromatic nitrogens is 1. The van der Waals surface area contributed by atoms with Crippen LogP contribution in [0.15, 0.2) is 58.2 Å². The van der Waals surface area contributed by atoms with Crippen molar-refractivity contribution in [3.8, 4) is 0 Å². The molecule has 4 nitrogen and oxygen atoms in total. The van der Waals surface area contributed by atoms with Gasteiger partial charge in [-0.15, -0.1) is 0 Å². The maximum atomic E-state index is 12.0. The van der Waals surface area contributed by atoms with Gasteiger partial charge in [-0.25, -0.2) is 13.1 Å². The Morgan fingerprint density at radius 3 is 2.50 bits per heavy atom. The topological polar surface area (TPSA) is 59.1 Å². The zero-order chi connectivity index (χ0) is 13.0. The van der Waals surface area contributed by atoms with E-state index in [1.807, 2.05) is 6.07 Å². The van der Waals surface area contributed by atoms with E-state index in [9.17, 15) is 8.42 Å². The van der Waals surface area contributed by atoms with Gasteiger partial charge < -0.3 is 0 Å². The molecule has 0 saturated heterocycles. The third kappa shape index (κ3) is 3.38. The van der Waals surface area contributed by atoms with Crippen molar-refractivity contribution in [1.29, 1.82) is 0 Å². The zero-order valence-electron chi connectivity index (χ0n) is 9.38. The first-order valence-corrected chi connectivity index (χ1v) is 7.50. The average Bonchev–Trinajstić information content (AvgIpc) is 2.38. The molecule has 0 aliphatic carbocycles. The standard InChI is InChI=1S/C12H11BrN2O2S/c13-11-3-5-12(6-4-11)18(16,17)15-9-10-2-1-7-14-8-10/h1-8,15H,9H2. The third-order valence-corrected chi connectivity index (χ3v) is 4.26. The SMILES string of the molecule is O=S(=O)(NCc1cccnc1)c1ccc(Br)cc1. The van der Waals surface area contributed by atoms with Crippen molar-refractivity contribution in [2.75, 3.05) is 0 Å². The molecule has 0 radical (unpaired) electrons. The highest BCUT2D eigenvalue weighted by molar-refractivity contribution is 9.10. The highest BCUT2D eigenvalue weighted by atomic mass is 79.9. The van der Waals surface area contributed by atoms with Crippen LogP contribution in [0, 0.1) is 0 Å². The quantitative estimate of drug-likeness (QED) is 0.938. The summed E-state index contributed by atoms with van der Waals surface area (Å²) in [6, 6.07) is 10.1. The molecule has 0 spiro atoms. The summed E-state index contributed by atoms with van der Waals surface area (Å²) in [7, 11) is -3.47. The van der Waals surface area contributed by atoms with Gasteiger partial charge in [-0.1, -0.05) is 22.0 Å². The van der Waals surface area contributed by atoms with Crippen molar-refractivity contribution < 1.29 is 8.42 Å². The van der Waals surface area contributed by atoms with E-state index >= 15 is 0 Å². The largest absolute Gasteiger partial charge is 0.264 e. The number of hydrogen-bond acceptors (Lipinski definition) is 3. The van der Waals surface area contributed by atoms with Gasteiger partial charge in [0.2, 0.25) is 10.0 Å². The fourth-order valence-corrected chi connectivity index (χ4v) is 2.66. The molecular weight excluding hydrogens is 316 g/mol. The first-order valence-electron chi connectivity index (χ1n) is 5.22. The fraction of sp³-hybridized carbons (Fsp3) is 0.0833. The number of benzene rings is 1. The number of pyridine rings is 1. The van der Waals surface area contributed by atoms with Gasteiger partial charge in [-0.05, 0) is 35.9 Å². The number of sulfonamides is 1. The predicted molar refractivity (Wildman–Crippen MR) is 72.4 cm³/mol. The highest BCUT2D eigenvalue weighted by Crippen LogP contribution is 2.14. The lowest BCUT2D eigenvalue weighted by Gasteiger charge is -2.06. The van der Waals surface area contributed by atoms with Crippen molar-refractivity contribution >= 4 is 26.0 Å². The van der Waals surface area contributed by atoms with Gasteiger partial charge >= 0.3 is 0 Å². The van der Waals surface area contributed by atoms with Gasteiger partial charge in [0.05, 0.1) is 4.90 Å². The molecule has 0 aliphatic heterocycles.